The van der Waals surface area contributed by atoms with Gasteiger partial charge in [0.15, 0.2) is 0 Å². The lowest BCUT2D eigenvalue weighted by Gasteiger charge is -2.31. The molecule has 1 unspecified atom stereocenters. The molecule has 4 heterocycles. The van der Waals surface area contributed by atoms with E-state index in [2.05, 4.69) is 5.32 Å². The van der Waals surface area contributed by atoms with E-state index in [1.165, 1.54) is 26.2 Å². The van der Waals surface area contributed by atoms with Gasteiger partial charge in [-0.15, -0.1) is 11.3 Å². The molecule has 42 heavy (non-hydrogen) atoms. The minimum Gasteiger partial charge on any atom is -0.325 e. The number of piperidine rings is 2. The van der Waals surface area contributed by atoms with Crippen molar-refractivity contribution in [2.45, 2.75) is 36.3 Å². The molecule has 0 saturated carbocycles. The number of carbonyl (C=O) groups excluding carboxylic acids is 2. The van der Waals surface area contributed by atoms with Crippen molar-refractivity contribution in [3.05, 3.63) is 53.4 Å². The van der Waals surface area contributed by atoms with E-state index in [0.29, 0.717) is 56.2 Å². The normalized spacial score (nSPS) is 20.8. The molecule has 0 radical (unpaired) electrons. The van der Waals surface area contributed by atoms with E-state index in [-0.39, 0.29) is 22.6 Å². The molecule has 2 saturated heterocycles. The zero-order valence-corrected chi connectivity index (χ0v) is 25.8. The topological polar surface area (TPSA) is 124 Å². The van der Waals surface area contributed by atoms with Crippen molar-refractivity contribution in [1.29, 1.82) is 0 Å². The molecule has 1 atom stereocenters. The Labute approximate surface area is 250 Å². The smallest absolute Gasteiger partial charge is 0.258 e. The molecule has 13 heteroatoms. The van der Waals surface area contributed by atoms with E-state index in [0.717, 1.165) is 35.7 Å². The van der Waals surface area contributed by atoms with Gasteiger partial charge in [-0.2, -0.15) is 4.31 Å². The highest BCUT2D eigenvalue weighted by atomic mass is 32.2. The number of sulfonamides is 2. The maximum atomic E-state index is 13.4. The minimum absolute atomic E-state index is 0.0747. The average Bonchev–Trinajstić information content (AvgIpc) is 3.62. The lowest BCUT2D eigenvalue weighted by atomic mass is 9.94. The third-order valence-corrected chi connectivity index (χ3v) is 13.2. The summed E-state index contributed by atoms with van der Waals surface area (Å²) < 4.78 is 53.0. The third-order valence-electron chi connectivity index (χ3n) is 8.69. The van der Waals surface area contributed by atoms with E-state index in [1.54, 1.807) is 28.5 Å². The largest absolute Gasteiger partial charge is 0.325 e. The van der Waals surface area contributed by atoms with Crippen LogP contribution in [0.15, 0.2) is 52.1 Å². The predicted molar refractivity (Wildman–Crippen MR) is 164 cm³/mol. The van der Waals surface area contributed by atoms with Gasteiger partial charge < -0.3 is 10.2 Å². The van der Waals surface area contributed by atoms with E-state index in [9.17, 15) is 26.4 Å². The average molecular weight is 631 g/mol. The van der Waals surface area contributed by atoms with E-state index in [1.807, 2.05) is 24.3 Å². The van der Waals surface area contributed by atoms with Crippen molar-refractivity contribution in [3.8, 4) is 0 Å². The van der Waals surface area contributed by atoms with Gasteiger partial charge in [0.2, 0.25) is 15.9 Å². The number of anilines is 2. The van der Waals surface area contributed by atoms with E-state index < -0.39 is 26.0 Å². The fraction of sp³-hybridized carbons (Fsp3) is 0.448. The molecule has 2 aromatic carbocycles. The maximum Gasteiger partial charge on any atom is 0.258 e. The molecule has 3 aromatic rings. The molecule has 1 N–H and O–H groups in total. The van der Waals surface area contributed by atoms with Gasteiger partial charge in [0, 0.05) is 54.7 Å². The predicted octanol–water partition coefficient (Wildman–Crippen LogP) is 3.96. The van der Waals surface area contributed by atoms with Crippen LogP contribution < -0.4 is 10.2 Å². The monoisotopic (exact) mass is 630 g/mol. The number of benzene rings is 2. The summed E-state index contributed by atoms with van der Waals surface area (Å²) >= 11 is 1.17. The van der Waals surface area contributed by atoms with Crippen molar-refractivity contribution < 1.29 is 26.4 Å². The molecule has 2 amide bonds. The van der Waals surface area contributed by atoms with Crippen LogP contribution >= 0.6 is 11.3 Å². The fourth-order valence-electron chi connectivity index (χ4n) is 6.37. The molecule has 10 nitrogen and oxygen atoms in total. The standard InChI is InChI=1S/C29H34N4O6S3/c1-41(36,37)31-15-11-20(12-16-31)13-17-33-25-10-9-24(22-6-2-7-23(27(22)25)29(33)35)30-28(34)21-5-3-14-32(19-21)42(38,39)26-8-4-18-40-26/h2,4,6-10,18,20-21H,3,5,11-17,19H2,1H3,(H,30,34). The number of carbonyl (C=O) groups is 2. The van der Waals surface area contributed by atoms with Crippen molar-refractivity contribution in [3.63, 3.8) is 0 Å². The number of rotatable bonds is 8. The summed E-state index contributed by atoms with van der Waals surface area (Å²) in [6.45, 7) is 2.07. The van der Waals surface area contributed by atoms with Crippen molar-refractivity contribution in [2.75, 3.05) is 49.2 Å². The Balaban J connectivity index is 1.16. The number of nitrogens with one attached hydrogen (secondary N) is 1. The Morgan fingerprint density at radius 1 is 0.976 bits per heavy atom. The number of amides is 2. The number of nitrogens with zero attached hydrogens (tertiary/aromatic N) is 3. The molecular weight excluding hydrogens is 597 g/mol. The summed E-state index contributed by atoms with van der Waals surface area (Å²) in [5.41, 5.74) is 2.00. The Hall–Kier alpha value is -2.84. The van der Waals surface area contributed by atoms with Gasteiger partial charge in [-0.05, 0) is 67.7 Å². The summed E-state index contributed by atoms with van der Waals surface area (Å²) in [7, 11) is -6.81. The van der Waals surface area contributed by atoms with Gasteiger partial charge in [-0.1, -0.05) is 18.2 Å². The highest BCUT2D eigenvalue weighted by Gasteiger charge is 2.35. The van der Waals surface area contributed by atoms with Crippen molar-refractivity contribution >= 4 is 65.3 Å². The molecule has 6 rings (SSSR count). The van der Waals surface area contributed by atoms with E-state index >= 15 is 0 Å². The van der Waals surface area contributed by atoms with Crippen LogP contribution in [-0.4, -0.2) is 76.2 Å². The summed E-state index contributed by atoms with van der Waals surface area (Å²) in [5, 5.41) is 6.34. The second kappa shape index (κ2) is 11.3. The van der Waals surface area contributed by atoms with Crippen LogP contribution in [0.4, 0.5) is 11.4 Å². The Morgan fingerprint density at radius 3 is 2.48 bits per heavy atom. The first-order valence-corrected chi connectivity index (χ1v) is 18.4. The molecule has 0 aliphatic carbocycles. The van der Waals surface area contributed by atoms with Gasteiger partial charge in [0.1, 0.15) is 4.21 Å². The Morgan fingerprint density at radius 2 is 1.76 bits per heavy atom. The lowest BCUT2D eigenvalue weighted by molar-refractivity contribution is -0.120. The van der Waals surface area contributed by atoms with Crippen LogP contribution in [-0.2, 0) is 24.8 Å². The molecule has 3 aliphatic rings. The van der Waals surface area contributed by atoms with Crippen molar-refractivity contribution in [2.24, 2.45) is 11.8 Å². The van der Waals surface area contributed by atoms with Gasteiger partial charge >= 0.3 is 0 Å². The highest BCUT2D eigenvalue weighted by Crippen LogP contribution is 2.41. The van der Waals surface area contributed by atoms with Crippen LogP contribution in [0.3, 0.4) is 0 Å². The second-order valence-corrected chi connectivity index (χ2v) is 16.4. The Kier molecular flexibility index (Phi) is 7.90. The summed E-state index contributed by atoms with van der Waals surface area (Å²) in [6, 6.07) is 12.5. The van der Waals surface area contributed by atoms with Crippen LogP contribution in [0.25, 0.3) is 10.8 Å². The fourth-order valence-corrected chi connectivity index (χ4v) is 9.91. The van der Waals surface area contributed by atoms with Crippen molar-refractivity contribution in [1.82, 2.24) is 8.61 Å². The van der Waals surface area contributed by atoms with Gasteiger partial charge in [0.25, 0.3) is 15.9 Å². The minimum atomic E-state index is -3.63. The Bertz CT molecular complexity index is 1730. The van der Waals surface area contributed by atoms with Gasteiger partial charge in [-0.3, -0.25) is 9.59 Å². The first-order chi connectivity index (χ1) is 20.0. The highest BCUT2D eigenvalue weighted by molar-refractivity contribution is 7.91. The molecular formula is C29H34N4O6S3. The zero-order chi connectivity index (χ0) is 29.6. The summed E-state index contributed by atoms with van der Waals surface area (Å²) in [4.78, 5) is 28.6. The maximum absolute atomic E-state index is 13.4. The number of hydrogen-bond acceptors (Lipinski definition) is 7. The summed E-state index contributed by atoms with van der Waals surface area (Å²) in [5.74, 6) is -0.450. The third kappa shape index (κ3) is 5.48. The molecule has 1 aromatic heterocycles. The lowest BCUT2D eigenvalue weighted by Crippen LogP contribution is -2.43. The molecule has 224 valence electrons. The molecule has 0 bridgehead atoms. The first kappa shape index (κ1) is 29.2. The molecule has 3 aliphatic heterocycles. The SMILES string of the molecule is CS(=O)(=O)N1CCC(CCN2C(=O)c3cccc4c(NC(=O)C5CCCN(S(=O)(=O)c6cccs6)C5)ccc2c34)CC1. The zero-order valence-electron chi connectivity index (χ0n) is 23.4. The van der Waals surface area contributed by atoms with Crippen LogP contribution in [0.2, 0.25) is 0 Å². The van der Waals surface area contributed by atoms with Crippen LogP contribution in [0.5, 0.6) is 0 Å². The number of thiophene rings is 1. The molecule has 2 fully saturated rings. The quantitative estimate of drug-likeness (QED) is 0.402. The van der Waals surface area contributed by atoms with Crippen LogP contribution in [0, 0.1) is 11.8 Å². The second-order valence-electron chi connectivity index (χ2n) is 11.3. The van der Waals surface area contributed by atoms with E-state index in [4.69, 9.17) is 0 Å². The van der Waals surface area contributed by atoms with Crippen LogP contribution in [0.1, 0.15) is 42.5 Å². The van der Waals surface area contributed by atoms with Gasteiger partial charge in [0.05, 0.1) is 17.9 Å². The number of hydrogen-bond donors (Lipinski definition) is 1. The molecule has 0 spiro atoms. The van der Waals surface area contributed by atoms with Gasteiger partial charge in [-0.25, -0.2) is 21.1 Å². The first-order valence-electron chi connectivity index (χ1n) is 14.2. The summed E-state index contributed by atoms with van der Waals surface area (Å²) in [6.07, 6.45) is 4.77.